The molecule has 43 heavy (non-hydrogen) atoms. The fourth-order valence-electron chi connectivity index (χ4n) is 4.61. The summed E-state index contributed by atoms with van der Waals surface area (Å²) in [4.78, 5) is 25.9. The minimum absolute atomic E-state index is 0. The molecule has 14 heteroatoms. The van der Waals surface area contributed by atoms with Gasteiger partial charge < -0.3 is 25.0 Å². The third-order valence-corrected chi connectivity index (χ3v) is 6.46. The quantitative estimate of drug-likeness (QED) is 0.194. The third-order valence-electron chi connectivity index (χ3n) is 6.46. The Morgan fingerprint density at radius 1 is 1.02 bits per heavy atom. The molecule has 0 unspecified atom stereocenters. The summed E-state index contributed by atoms with van der Waals surface area (Å²) in [5.74, 6) is -2.72. The molecule has 1 aromatic heterocycles. The van der Waals surface area contributed by atoms with E-state index in [0.717, 1.165) is 12.1 Å². The van der Waals surface area contributed by atoms with Gasteiger partial charge in [0.05, 0.1) is 24.3 Å². The zero-order valence-corrected chi connectivity index (χ0v) is 23.3. The van der Waals surface area contributed by atoms with Crippen molar-refractivity contribution in [2.75, 3.05) is 7.05 Å². The van der Waals surface area contributed by atoms with Crippen LogP contribution in [0.25, 0.3) is 5.69 Å². The maximum absolute atomic E-state index is 13.7. The van der Waals surface area contributed by atoms with Crippen molar-refractivity contribution in [3.8, 4) is 11.4 Å². The number of aliphatic hydroxyl groups is 2. The molecule has 1 heterocycles. The molecule has 0 bridgehead atoms. The standard InChI is InChI=1S/C29H33F4N3O6.Na.H/c1-17(2)26-24(13-10-21(37)14-22(38)15-25(39)40)36(20-8-6-19(30)7-9-20)34-27(26)28(41)35(3)16-18-4-11-23(12-5-18)42-29(31,32)33;;/h4-9,11-12,17,21-22,37-38H,10,13-16H2,1-3H3,(H,39,40);;/t21-,22-;;/m1../s1. The fourth-order valence-corrected chi connectivity index (χ4v) is 4.61. The van der Waals surface area contributed by atoms with E-state index in [1.165, 1.54) is 53.0 Å². The van der Waals surface area contributed by atoms with Crippen molar-refractivity contribution >= 4 is 41.4 Å². The second-order valence-electron chi connectivity index (χ2n) is 10.3. The monoisotopic (exact) mass is 619 g/mol. The number of hydrogen-bond donors (Lipinski definition) is 3. The van der Waals surface area contributed by atoms with Crippen LogP contribution in [0, 0.1) is 5.82 Å². The van der Waals surface area contributed by atoms with Crippen LogP contribution < -0.4 is 4.74 Å². The van der Waals surface area contributed by atoms with Gasteiger partial charge in [0.15, 0.2) is 5.69 Å². The van der Waals surface area contributed by atoms with E-state index in [-0.39, 0.29) is 72.7 Å². The van der Waals surface area contributed by atoms with E-state index in [1.807, 2.05) is 13.8 Å². The van der Waals surface area contributed by atoms with Crippen LogP contribution in [-0.4, -0.2) is 97.1 Å². The van der Waals surface area contributed by atoms with Gasteiger partial charge in [0, 0.05) is 24.8 Å². The van der Waals surface area contributed by atoms with E-state index < -0.39 is 42.7 Å². The van der Waals surface area contributed by atoms with Gasteiger partial charge in [0.2, 0.25) is 0 Å². The van der Waals surface area contributed by atoms with Crippen molar-refractivity contribution in [3.63, 3.8) is 0 Å². The second kappa shape index (κ2) is 15.7. The number of rotatable bonds is 13. The van der Waals surface area contributed by atoms with Crippen molar-refractivity contribution in [1.82, 2.24) is 14.7 Å². The summed E-state index contributed by atoms with van der Waals surface area (Å²) in [5, 5.41) is 33.8. The zero-order valence-electron chi connectivity index (χ0n) is 23.3. The molecule has 1 amide bonds. The number of aliphatic hydroxyl groups excluding tert-OH is 2. The number of carbonyl (C=O) groups is 2. The molecule has 2 aromatic carbocycles. The predicted molar refractivity (Wildman–Crippen MR) is 151 cm³/mol. The second-order valence-corrected chi connectivity index (χ2v) is 10.3. The van der Waals surface area contributed by atoms with Crippen LogP contribution in [0.15, 0.2) is 48.5 Å². The number of hydrogen-bond acceptors (Lipinski definition) is 6. The van der Waals surface area contributed by atoms with Gasteiger partial charge in [-0.3, -0.25) is 9.59 Å². The molecule has 0 saturated carbocycles. The average molecular weight is 620 g/mol. The van der Waals surface area contributed by atoms with Gasteiger partial charge in [-0.05, 0) is 67.1 Å². The summed E-state index contributed by atoms with van der Waals surface area (Å²) >= 11 is 0. The number of nitrogens with zero attached hydrogens (tertiary/aromatic N) is 3. The number of amides is 1. The number of benzene rings is 2. The van der Waals surface area contributed by atoms with Crippen molar-refractivity contribution in [2.45, 2.75) is 70.6 Å². The molecule has 3 rings (SSSR count). The molecule has 9 nitrogen and oxygen atoms in total. The van der Waals surface area contributed by atoms with E-state index in [0.29, 0.717) is 22.5 Å². The summed E-state index contributed by atoms with van der Waals surface area (Å²) in [5.41, 5.74) is 2.30. The molecular weight excluding hydrogens is 585 g/mol. The number of halogens is 4. The molecule has 0 aliphatic carbocycles. The summed E-state index contributed by atoms with van der Waals surface area (Å²) in [6, 6.07) is 10.6. The van der Waals surface area contributed by atoms with Crippen LogP contribution in [-0.2, 0) is 17.8 Å². The summed E-state index contributed by atoms with van der Waals surface area (Å²) < 4.78 is 56.5. The Morgan fingerprint density at radius 3 is 2.16 bits per heavy atom. The van der Waals surface area contributed by atoms with Crippen molar-refractivity contribution in [2.24, 2.45) is 0 Å². The first-order chi connectivity index (χ1) is 19.6. The van der Waals surface area contributed by atoms with E-state index in [9.17, 15) is 37.4 Å². The molecule has 0 radical (unpaired) electrons. The van der Waals surface area contributed by atoms with Gasteiger partial charge in [-0.2, -0.15) is 5.10 Å². The van der Waals surface area contributed by atoms with Crippen LogP contribution in [0.1, 0.15) is 66.3 Å². The Bertz CT molecular complexity index is 1360. The molecule has 0 aliphatic rings. The molecule has 0 fully saturated rings. The first-order valence-electron chi connectivity index (χ1n) is 13.2. The van der Waals surface area contributed by atoms with Crippen molar-refractivity contribution < 1.29 is 47.2 Å². The number of aliphatic carboxylic acids is 1. The zero-order chi connectivity index (χ0) is 31.2. The first-order valence-corrected chi connectivity index (χ1v) is 13.2. The van der Waals surface area contributed by atoms with E-state index >= 15 is 0 Å². The molecule has 2 atom stereocenters. The molecular formula is C29H34F4N3NaO6. The minimum atomic E-state index is -4.82. The summed E-state index contributed by atoms with van der Waals surface area (Å²) in [7, 11) is 1.52. The molecule has 0 saturated heterocycles. The number of alkyl halides is 3. The van der Waals surface area contributed by atoms with Gasteiger partial charge in [-0.1, -0.05) is 26.0 Å². The number of carboxylic acids is 1. The van der Waals surface area contributed by atoms with Crippen molar-refractivity contribution in [3.05, 3.63) is 76.9 Å². The maximum atomic E-state index is 13.7. The van der Waals surface area contributed by atoms with Crippen LogP contribution in [0.3, 0.4) is 0 Å². The Kier molecular flexibility index (Phi) is 13.2. The summed E-state index contributed by atoms with van der Waals surface area (Å²) in [6.07, 6.45) is -7.43. The predicted octanol–water partition coefficient (Wildman–Crippen LogP) is 4.18. The SMILES string of the molecule is CC(C)c1c(C(=O)N(C)Cc2ccc(OC(F)(F)F)cc2)nn(-c2ccc(F)cc2)c1CC[C@@H](O)C[C@@H](O)CC(=O)O.[NaH]. The Morgan fingerprint density at radius 2 is 1.63 bits per heavy atom. The topological polar surface area (TPSA) is 125 Å². The van der Waals surface area contributed by atoms with Crippen molar-refractivity contribution in [1.29, 1.82) is 0 Å². The first kappa shape index (κ1) is 36.2. The average Bonchev–Trinajstić information content (AvgIpc) is 3.27. The Hall–Kier alpha value is -2.97. The van der Waals surface area contributed by atoms with Gasteiger partial charge in [0.25, 0.3) is 5.91 Å². The molecule has 0 aliphatic heterocycles. The van der Waals surface area contributed by atoms with Crippen LogP contribution in [0.4, 0.5) is 17.6 Å². The van der Waals surface area contributed by atoms with Gasteiger partial charge in [-0.15, -0.1) is 13.2 Å². The fraction of sp³-hybridized carbons (Fsp3) is 0.414. The number of aromatic nitrogens is 2. The molecule has 230 valence electrons. The van der Waals surface area contributed by atoms with Crippen LogP contribution in [0.5, 0.6) is 5.75 Å². The summed E-state index contributed by atoms with van der Waals surface area (Å²) in [6.45, 7) is 3.78. The van der Waals surface area contributed by atoms with E-state index in [2.05, 4.69) is 9.84 Å². The molecule has 3 N–H and O–H groups in total. The number of ether oxygens (including phenoxy) is 1. The van der Waals surface area contributed by atoms with E-state index in [4.69, 9.17) is 5.11 Å². The normalized spacial score (nSPS) is 12.9. The van der Waals surface area contributed by atoms with Gasteiger partial charge in [0.1, 0.15) is 11.6 Å². The van der Waals surface area contributed by atoms with Gasteiger partial charge in [-0.25, -0.2) is 9.07 Å². The van der Waals surface area contributed by atoms with Crippen LogP contribution in [0.2, 0.25) is 0 Å². The number of carbonyl (C=O) groups excluding carboxylic acids is 1. The van der Waals surface area contributed by atoms with Gasteiger partial charge >= 0.3 is 41.9 Å². The molecule has 3 aromatic rings. The van der Waals surface area contributed by atoms with E-state index in [1.54, 1.807) is 0 Å². The van der Waals surface area contributed by atoms with Crippen LogP contribution >= 0.6 is 0 Å². The Labute approximate surface area is 268 Å². The third kappa shape index (κ3) is 10.6. The molecule has 0 spiro atoms. The Balaban J connectivity index is 0.00000645. The number of carboxylic acid groups (broad SMARTS) is 1.